The smallest absolute Gasteiger partial charge is 0.133 e. The van der Waals surface area contributed by atoms with Crippen LogP contribution in [0.15, 0.2) is 0 Å². The molecule has 0 aromatic carbocycles. The number of carbonyl (C=O) groups excluding carboxylic acids is 1. The van der Waals surface area contributed by atoms with Crippen molar-refractivity contribution in [2.24, 2.45) is 34.5 Å². The molecule has 1 N–H and O–H groups in total. The molecule has 0 saturated heterocycles. The third-order valence-electron chi connectivity index (χ3n) is 8.67. The summed E-state index contributed by atoms with van der Waals surface area (Å²) in [6.07, 6.45) is 11.4. The van der Waals surface area contributed by atoms with Gasteiger partial charge in [-0.15, -0.1) is 0 Å². The predicted molar refractivity (Wildman–Crippen MR) is 87.4 cm³/mol. The zero-order chi connectivity index (χ0) is 15.5. The maximum Gasteiger partial charge on any atom is 0.133 e. The van der Waals surface area contributed by atoms with Crippen molar-refractivity contribution in [3.63, 3.8) is 0 Å². The lowest BCUT2D eigenvalue weighted by Crippen LogP contribution is -2.50. The third-order valence-corrected chi connectivity index (χ3v) is 8.67. The van der Waals surface area contributed by atoms with E-state index in [2.05, 4.69) is 13.8 Å². The number of carbonyl (C=O) groups is 1. The molecule has 2 nitrogen and oxygen atoms in total. The van der Waals surface area contributed by atoms with E-state index in [-0.39, 0.29) is 11.5 Å². The number of aliphatic hydroxyl groups is 1. The molecule has 4 saturated carbocycles. The lowest BCUT2D eigenvalue weighted by molar-refractivity contribution is -0.130. The zero-order valence-electron chi connectivity index (χ0n) is 14.3. The molecule has 4 fully saturated rings. The molecule has 0 spiro atoms. The summed E-state index contributed by atoms with van der Waals surface area (Å²) < 4.78 is 0. The molecule has 0 bridgehead atoms. The Bertz CT molecular complexity index is 472. The molecule has 0 aromatic rings. The quantitative estimate of drug-likeness (QED) is 0.722. The molecule has 0 heterocycles. The van der Waals surface area contributed by atoms with Gasteiger partial charge in [0.25, 0.3) is 0 Å². The predicted octanol–water partition coefficient (Wildman–Crippen LogP) is 4.35. The Labute approximate surface area is 135 Å². The summed E-state index contributed by atoms with van der Waals surface area (Å²) in [4.78, 5) is 12.0. The van der Waals surface area contributed by atoms with Crippen LogP contribution >= 0.6 is 0 Å². The SMILES string of the molecule is C[C@@]12CC[C@H]3[C@@H](CCC[C@@H]4CC(=O)CC[C@]43C)[C@H]1CC[C@@H]2O. The Kier molecular flexibility index (Phi) is 3.49. The van der Waals surface area contributed by atoms with Crippen molar-refractivity contribution in [1.82, 2.24) is 0 Å². The highest BCUT2D eigenvalue weighted by molar-refractivity contribution is 5.79. The molecular weight excluding hydrogens is 272 g/mol. The Morgan fingerprint density at radius 1 is 0.955 bits per heavy atom. The molecule has 0 radical (unpaired) electrons. The van der Waals surface area contributed by atoms with Gasteiger partial charge in [-0.2, -0.15) is 0 Å². The summed E-state index contributed by atoms with van der Waals surface area (Å²) in [6, 6.07) is 0. The molecule has 2 heteroatoms. The van der Waals surface area contributed by atoms with E-state index in [0.29, 0.717) is 17.1 Å². The number of hydrogen-bond acceptors (Lipinski definition) is 2. The Morgan fingerprint density at radius 3 is 2.55 bits per heavy atom. The third kappa shape index (κ3) is 1.98. The minimum Gasteiger partial charge on any atom is -0.393 e. The van der Waals surface area contributed by atoms with Crippen LogP contribution in [0.5, 0.6) is 0 Å². The van der Waals surface area contributed by atoms with Crippen LogP contribution in [0.1, 0.15) is 78.1 Å². The van der Waals surface area contributed by atoms with Gasteiger partial charge in [0.15, 0.2) is 0 Å². The summed E-state index contributed by atoms with van der Waals surface area (Å²) >= 11 is 0. The Balaban J connectivity index is 1.67. The molecule has 22 heavy (non-hydrogen) atoms. The van der Waals surface area contributed by atoms with Crippen LogP contribution in [-0.2, 0) is 4.79 Å². The molecular formula is C20H32O2. The van der Waals surface area contributed by atoms with E-state index in [1.54, 1.807) is 0 Å². The minimum atomic E-state index is -0.0711. The van der Waals surface area contributed by atoms with Crippen molar-refractivity contribution in [2.45, 2.75) is 84.2 Å². The lowest BCUT2D eigenvalue weighted by atomic mass is 9.50. The normalized spacial score (nSPS) is 55.0. The van der Waals surface area contributed by atoms with E-state index in [1.165, 1.54) is 38.5 Å². The second-order valence-electron chi connectivity index (χ2n) is 9.39. The summed E-state index contributed by atoms with van der Waals surface area (Å²) in [6.45, 7) is 4.88. The first-order valence-corrected chi connectivity index (χ1v) is 9.65. The van der Waals surface area contributed by atoms with E-state index in [0.717, 1.165) is 43.4 Å². The van der Waals surface area contributed by atoms with Crippen molar-refractivity contribution >= 4 is 5.78 Å². The number of Topliss-reactive ketones (excluding diaryl/α,β-unsaturated/α-hetero) is 1. The van der Waals surface area contributed by atoms with Gasteiger partial charge in [0.2, 0.25) is 0 Å². The van der Waals surface area contributed by atoms with Gasteiger partial charge in [0.05, 0.1) is 6.10 Å². The molecule has 4 rings (SSSR count). The number of rotatable bonds is 0. The first-order valence-electron chi connectivity index (χ1n) is 9.65. The maximum atomic E-state index is 12.0. The van der Waals surface area contributed by atoms with Crippen molar-refractivity contribution in [3.05, 3.63) is 0 Å². The van der Waals surface area contributed by atoms with Crippen LogP contribution in [0.25, 0.3) is 0 Å². The molecule has 0 amide bonds. The molecule has 7 atom stereocenters. The zero-order valence-corrected chi connectivity index (χ0v) is 14.3. The van der Waals surface area contributed by atoms with Gasteiger partial charge in [-0.1, -0.05) is 20.3 Å². The summed E-state index contributed by atoms with van der Waals surface area (Å²) in [5.74, 6) is 3.49. The highest BCUT2D eigenvalue weighted by Crippen LogP contribution is 2.64. The largest absolute Gasteiger partial charge is 0.393 e. The first kappa shape index (κ1) is 15.2. The summed E-state index contributed by atoms with van der Waals surface area (Å²) in [5.41, 5.74) is 0.575. The van der Waals surface area contributed by atoms with Crippen LogP contribution < -0.4 is 0 Å². The van der Waals surface area contributed by atoms with Gasteiger partial charge in [0, 0.05) is 12.8 Å². The molecule has 4 aliphatic carbocycles. The number of hydrogen-bond donors (Lipinski definition) is 1. The van der Waals surface area contributed by atoms with Gasteiger partial charge >= 0.3 is 0 Å². The topological polar surface area (TPSA) is 37.3 Å². The second-order valence-corrected chi connectivity index (χ2v) is 9.39. The van der Waals surface area contributed by atoms with Gasteiger partial charge in [-0.3, -0.25) is 4.79 Å². The Hall–Kier alpha value is -0.370. The first-order chi connectivity index (χ1) is 10.4. The molecule has 0 unspecified atom stereocenters. The summed E-state index contributed by atoms with van der Waals surface area (Å²) in [7, 11) is 0. The maximum absolute atomic E-state index is 12.0. The average Bonchev–Trinajstić information content (AvgIpc) is 2.70. The van der Waals surface area contributed by atoms with E-state index in [4.69, 9.17) is 0 Å². The van der Waals surface area contributed by atoms with Crippen LogP contribution in [0.4, 0.5) is 0 Å². The van der Waals surface area contributed by atoms with Gasteiger partial charge in [-0.05, 0) is 79.4 Å². The van der Waals surface area contributed by atoms with E-state index in [9.17, 15) is 9.90 Å². The lowest BCUT2D eigenvalue weighted by Gasteiger charge is -2.55. The number of ketones is 1. The van der Waals surface area contributed by atoms with Crippen LogP contribution in [0.2, 0.25) is 0 Å². The number of fused-ring (bicyclic) bond motifs is 5. The van der Waals surface area contributed by atoms with Crippen molar-refractivity contribution in [1.29, 1.82) is 0 Å². The van der Waals surface area contributed by atoms with E-state index in [1.807, 2.05) is 0 Å². The van der Waals surface area contributed by atoms with Crippen LogP contribution in [0, 0.1) is 34.5 Å². The molecule has 0 aliphatic heterocycles. The molecule has 0 aromatic heterocycles. The molecule has 124 valence electrons. The van der Waals surface area contributed by atoms with Gasteiger partial charge < -0.3 is 5.11 Å². The Morgan fingerprint density at radius 2 is 1.73 bits per heavy atom. The highest BCUT2D eigenvalue weighted by Gasteiger charge is 2.58. The minimum absolute atomic E-state index is 0.0711. The van der Waals surface area contributed by atoms with Crippen molar-refractivity contribution in [3.8, 4) is 0 Å². The van der Waals surface area contributed by atoms with Crippen molar-refractivity contribution in [2.75, 3.05) is 0 Å². The van der Waals surface area contributed by atoms with Crippen LogP contribution in [-0.4, -0.2) is 17.0 Å². The van der Waals surface area contributed by atoms with E-state index < -0.39 is 0 Å². The average molecular weight is 304 g/mol. The van der Waals surface area contributed by atoms with Crippen molar-refractivity contribution < 1.29 is 9.90 Å². The fourth-order valence-electron chi connectivity index (χ4n) is 7.22. The van der Waals surface area contributed by atoms with Gasteiger partial charge in [0.1, 0.15) is 5.78 Å². The van der Waals surface area contributed by atoms with Crippen LogP contribution in [0.3, 0.4) is 0 Å². The monoisotopic (exact) mass is 304 g/mol. The standard InChI is InChI=1S/C20H32O2/c1-19-10-8-14(21)12-13(19)4-3-5-15-16-6-7-18(22)20(16,2)11-9-17(15)19/h13,15-18,22H,3-12H2,1-2H3/t13-,15+,16-,17+,18+,19-,20-/m1/s1. The van der Waals surface area contributed by atoms with E-state index >= 15 is 0 Å². The fourth-order valence-corrected chi connectivity index (χ4v) is 7.22. The second kappa shape index (κ2) is 5.06. The highest BCUT2D eigenvalue weighted by atomic mass is 16.3. The molecule has 4 aliphatic rings. The summed E-state index contributed by atoms with van der Waals surface area (Å²) in [5, 5.41) is 10.5. The fraction of sp³-hybridized carbons (Fsp3) is 0.950. The number of aliphatic hydroxyl groups excluding tert-OH is 1. The van der Waals surface area contributed by atoms with Gasteiger partial charge in [-0.25, -0.2) is 0 Å².